The summed E-state index contributed by atoms with van der Waals surface area (Å²) in [5.41, 5.74) is 8.84. The first kappa shape index (κ1) is 18.3. The first-order chi connectivity index (χ1) is 12.4. The van der Waals surface area contributed by atoms with Crippen LogP contribution >= 0.6 is 0 Å². The van der Waals surface area contributed by atoms with Crippen molar-refractivity contribution < 1.29 is 8.42 Å². The van der Waals surface area contributed by atoms with Crippen molar-refractivity contribution in [1.29, 1.82) is 0 Å². The summed E-state index contributed by atoms with van der Waals surface area (Å²) in [4.78, 5) is 8.65. The van der Waals surface area contributed by atoms with E-state index in [0.717, 1.165) is 30.8 Å². The Bertz CT molecular complexity index is 909. The van der Waals surface area contributed by atoms with Crippen LogP contribution in [0.15, 0.2) is 41.3 Å². The molecule has 6 N–H and O–H groups in total. The monoisotopic (exact) mass is 374 g/mol. The zero-order chi connectivity index (χ0) is 18.6. The summed E-state index contributed by atoms with van der Waals surface area (Å²) in [5, 5.41) is 11.6. The number of aromatic nitrogens is 2. The molecule has 2 heterocycles. The van der Waals surface area contributed by atoms with Crippen molar-refractivity contribution in [3.63, 3.8) is 0 Å². The minimum atomic E-state index is -3.66. The van der Waals surface area contributed by atoms with Crippen molar-refractivity contribution in [3.05, 3.63) is 47.7 Å². The third kappa shape index (κ3) is 4.78. The molecule has 0 atom stereocenters. The molecule has 0 saturated heterocycles. The molecular weight excluding hydrogens is 352 g/mol. The van der Waals surface area contributed by atoms with Gasteiger partial charge < -0.3 is 16.4 Å². The van der Waals surface area contributed by atoms with Gasteiger partial charge in [-0.05, 0) is 42.7 Å². The summed E-state index contributed by atoms with van der Waals surface area (Å²) in [6, 6.07) is 8.42. The highest BCUT2D eigenvalue weighted by Gasteiger charge is 2.10. The Balaban J connectivity index is 1.63. The zero-order valence-electron chi connectivity index (χ0n) is 14.3. The second-order valence-corrected chi connectivity index (χ2v) is 7.61. The first-order valence-electron chi connectivity index (χ1n) is 8.32. The summed E-state index contributed by atoms with van der Waals surface area (Å²) in [6.45, 7) is 2.38. The standard InChI is InChI=1S/C17H22N6O2S/c18-17-22-15(13-6-8-20-9-7-13)11-16(23-17)21-10-5-12-1-3-14(4-2-12)26(19,24)25/h1-4,6,11,20H,5,7-10H2,(H2,19,24,25)(H3,18,21,22,23). The molecule has 0 radical (unpaired) electrons. The van der Waals surface area contributed by atoms with E-state index in [-0.39, 0.29) is 10.8 Å². The highest BCUT2D eigenvalue weighted by atomic mass is 32.2. The molecule has 0 aliphatic carbocycles. The van der Waals surface area contributed by atoms with E-state index in [1.165, 1.54) is 17.7 Å². The molecular formula is C17H22N6O2S. The summed E-state index contributed by atoms with van der Waals surface area (Å²) in [6.07, 6.45) is 3.73. The molecule has 0 amide bonds. The number of nitrogens with one attached hydrogen (secondary N) is 2. The number of hydrogen-bond donors (Lipinski definition) is 4. The average Bonchev–Trinajstić information content (AvgIpc) is 2.62. The predicted octanol–water partition coefficient (Wildman–Crippen LogP) is 0.737. The molecule has 0 spiro atoms. The van der Waals surface area contributed by atoms with Crippen molar-refractivity contribution in [2.24, 2.45) is 5.14 Å². The number of primary sulfonamides is 1. The van der Waals surface area contributed by atoms with Gasteiger partial charge in [0.05, 0.1) is 10.6 Å². The summed E-state index contributed by atoms with van der Waals surface area (Å²) in [7, 11) is -3.66. The van der Waals surface area contributed by atoms with Crippen molar-refractivity contribution in [2.75, 3.05) is 30.7 Å². The van der Waals surface area contributed by atoms with E-state index in [2.05, 4.69) is 26.7 Å². The Hall–Kier alpha value is -2.49. The Labute approximate surface area is 152 Å². The quantitative estimate of drug-likeness (QED) is 0.585. The van der Waals surface area contributed by atoms with E-state index >= 15 is 0 Å². The molecule has 138 valence electrons. The summed E-state index contributed by atoms with van der Waals surface area (Å²) >= 11 is 0. The Morgan fingerprint density at radius 3 is 2.62 bits per heavy atom. The fourth-order valence-electron chi connectivity index (χ4n) is 2.76. The van der Waals surface area contributed by atoms with Crippen LogP contribution in [0.3, 0.4) is 0 Å². The maximum absolute atomic E-state index is 11.3. The smallest absolute Gasteiger partial charge is 0.238 e. The molecule has 0 fully saturated rings. The molecule has 8 nitrogen and oxygen atoms in total. The highest BCUT2D eigenvalue weighted by Crippen LogP contribution is 2.21. The number of nitrogens with zero attached hydrogens (tertiary/aromatic N) is 2. The van der Waals surface area contributed by atoms with Crippen LogP contribution in [0, 0.1) is 0 Å². The normalized spacial score (nSPS) is 14.7. The second-order valence-electron chi connectivity index (χ2n) is 6.05. The van der Waals surface area contributed by atoms with E-state index < -0.39 is 10.0 Å². The van der Waals surface area contributed by atoms with Crippen molar-refractivity contribution in [3.8, 4) is 0 Å². The molecule has 9 heteroatoms. The van der Waals surface area contributed by atoms with Crippen molar-refractivity contribution in [2.45, 2.75) is 17.7 Å². The lowest BCUT2D eigenvalue weighted by Gasteiger charge is -2.15. The van der Waals surface area contributed by atoms with Crippen LogP contribution in [0.2, 0.25) is 0 Å². The van der Waals surface area contributed by atoms with Crippen LogP contribution in [-0.2, 0) is 16.4 Å². The zero-order valence-corrected chi connectivity index (χ0v) is 15.1. The fraction of sp³-hybridized carbons (Fsp3) is 0.294. The molecule has 0 saturated carbocycles. The molecule has 1 aliphatic rings. The van der Waals surface area contributed by atoms with Crippen LogP contribution < -0.4 is 21.5 Å². The minimum absolute atomic E-state index is 0.109. The Morgan fingerprint density at radius 2 is 1.96 bits per heavy atom. The number of sulfonamides is 1. The Morgan fingerprint density at radius 1 is 1.19 bits per heavy atom. The summed E-state index contributed by atoms with van der Waals surface area (Å²) in [5.74, 6) is 0.912. The maximum atomic E-state index is 11.3. The van der Waals surface area contributed by atoms with Gasteiger partial charge >= 0.3 is 0 Å². The number of benzene rings is 1. The Kier molecular flexibility index (Phi) is 5.50. The van der Waals surface area contributed by atoms with Gasteiger partial charge in [-0.15, -0.1) is 0 Å². The van der Waals surface area contributed by atoms with Gasteiger partial charge in [-0.3, -0.25) is 0 Å². The lowest BCUT2D eigenvalue weighted by molar-refractivity contribution is 0.598. The van der Waals surface area contributed by atoms with Crippen LogP contribution in [-0.4, -0.2) is 38.0 Å². The van der Waals surface area contributed by atoms with Gasteiger partial charge in [0.15, 0.2) is 0 Å². The van der Waals surface area contributed by atoms with Crippen molar-refractivity contribution in [1.82, 2.24) is 15.3 Å². The van der Waals surface area contributed by atoms with Gasteiger partial charge in [0.1, 0.15) is 5.82 Å². The molecule has 26 heavy (non-hydrogen) atoms. The van der Waals surface area contributed by atoms with Gasteiger partial charge in [-0.25, -0.2) is 18.5 Å². The lowest BCUT2D eigenvalue weighted by Crippen LogP contribution is -2.20. The number of hydrogen-bond acceptors (Lipinski definition) is 7. The van der Waals surface area contributed by atoms with Crippen LogP contribution in [0.25, 0.3) is 5.57 Å². The number of nitrogen functional groups attached to an aromatic ring is 1. The van der Waals surface area contributed by atoms with Crippen molar-refractivity contribution >= 4 is 27.4 Å². The molecule has 1 aromatic carbocycles. The van der Waals surface area contributed by atoms with Gasteiger partial charge in [0.2, 0.25) is 16.0 Å². The van der Waals surface area contributed by atoms with E-state index in [9.17, 15) is 8.42 Å². The SMILES string of the molecule is Nc1nc(NCCc2ccc(S(N)(=O)=O)cc2)cc(C2=CCNCC2)n1. The summed E-state index contributed by atoms with van der Waals surface area (Å²) < 4.78 is 22.5. The predicted molar refractivity (Wildman–Crippen MR) is 102 cm³/mol. The van der Waals surface area contributed by atoms with Crippen LogP contribution in [0.1, 0.15) is 17.7 Å². The third-order valence-corrected chi connectivity index (χ3v) is 5.04. The maximum Gasteiger partial charge on any atom is 0.238 e. The van der Waals surface area contributed by atoms with Gasteiger partial charge in [0.25, 0.3) is 0 Å². The van der Waals surface area contributed by atoms with Gasteiger partial charge in [-0.1, -0.05) is 18.2 Å². The average molecular weight is 374 g/mol. The molecule has 0 bridgehead atoms. The fourth-order valence-corrected chi connectivity index (χ4v) is 3.27. The minimum Gasteiger partial charge on any atom is -0.370 e. The topological polar surface area (TPSA) is 136 Å². The van der Waals surface area contributed by atoms with E-state index in [1.807, 2.05) is 6.07 Å². The molecule has 1 aromatic heterocycles. The highest BCUT2D eigenvalue weighted by molar-refractivity contribution is 7.89. The molecule has 1 aliphatic heterocycles. The van der Waals surface area contributed by atoms with Gasteiger partial charge in [0, 0.05) is 19.2 Å². The largest absolute Gasteiger partial charge is 0.370 e. The van der Waals surface area contributed by atoms with E-state index in [0.29, 0.717) is 18.8 Å². The number of anilines is 2. The molecule has 3 rings (SSSR count). The van der Waals surface area contributed by atoms with Crippen LogP contribution in [0.4, 0.5) is 11.8 Å². The first-order valence-corrected chi connectivity index (χ1v) is 9.87. The molecule has 2 aromatic rings. The van der Waals surface area contributed by atoms with Crippen LogP contribution in [0.5, 0.6) is 0 Å². The van der Waals surface area contributed by atoms with E-state index in [4.69, 9.17) is 10.9 Å². The van der Waals surface area contributed by atoms with Gasteiger partial charge in [-0.2, -0.15) is 4.98 Å². The number of nitrogens with two attached hydrogens (primary N) is 2. The van der Waals surface area contributed by atoms with E-state index in [1.54, 1.807) is 12.1 Å². The second kappa shape index (κ2) is 7.81. The molecule has 0 unspecified atom stereocenters. The lowest BCUT2D eigenvalue weighted by atomic mass is 10.1. The number of rotatable bonds is 6. The third-order valence-electron chi connectivity index (χ3n) is 4.11.